The summed E-state index contributed by atoms with van der Waals surface area (Å²) in [6.45, 7) is 3.62. The summed E-state index contributed by atoms with van der Waals surface area (Å²) < 4.78 is 67.3. The molecular weight excluding hydrogens is 391 g/mol. The van der Waals surface area contributed by atoms with Gasteiger partial charge in [-0.15, -0.1) is 0 Å². The third-order valence-electron chi connectivity index (χ3n) is 4.80. The van der Waals surface area contributed by atoms with E-state index in [2.05, 4.69) is 0 Å². The van der Waals surface area contributed by atoms with Crippen LogP contribution in [0.3, 0.4) is 0 Å². The summed E-state index contributed by atoms with van der Waals surface area (Å²) >= 11 is 0. The molecule has 0 radical (unpaired) electrons. The Kier molecular flexibility index (Phi) is 4.95. The highest BCUT2D eigenvalue weighted by molar-refractivity contribution is 5.80. The van der Waals surface area contributed by atoms with Crippen LogP contribution in [0.1, 0.15) is 30.5 Å². The average Bonchev–Trinajstić information content (AvgIpc) is 2.65. The van der Waals surface area contributed by atoms with E-state index in [0.29, 0.717) is 5.56 Å². The molecule has 150 valence electrons. The van der Waals surface area contributed by atoms with Crippen molar-refractivity contribution in [1.29, 1.82) is 5.26 Å². The van der Waals surface area contributed by atoms with Gasteiger partial charge in [0.1, 0.15) is 11.6 Å². The summed E-state index contributed by atoms with van der Waals surface area (Å²) in [5, 5.41) is 9.06. The number of fused-ring (bicyclic) bond motifs is 1. The molecule has 0 saturated carbocycles. The first-order valence-electron chi connectivity index (χ1n) is 8.54. The van der Waals surface area contributed by atoms with Crippen molar-refractivity contribution in [1.82, 2.24) is 4.57 Å². The number of hydrogen-bond acceptors (Lipinski definition) is 2. The molecule has 0 aliphatic heterocycles. The zero-order chi connectivity index (χ0) is 21.6. The van der Waals surface area contributed by atoms with Crippen LogP contribution in [0.5, 0.6) is 0 Å². The molecule has 0 aliphatic rings. The lowest BCUT2D eigenvalue weighted by Crippen LogP contribution is -2.26. The quantitative estimate of drug-likeness (QED) is 0.565. The molecule has 0 saturated heterocycles. The molecule has 0 spiro atoms. The van der Waals surface area contributed by atoms with Gasteiger partial charge in [-0.05, 0) is 23.8 Å². The smallest absolute Gasteiger partial charge is 0.345 e. The molecule has 0 fully saturated rings. The van der Waals surface area contributed by atoms with Crippen molar-refractivity contribution in [2.24, 2.45) is 0 Å². The summed E-state index contributed by atoms with van der Waals surface area (Å²) in [4.78, 5) is 12.3. The summed E-state index contributed by atoms with van der Waals surface area (Å²) in [6, 6.07) is 7.98. The van der Waals surface area contributed by atoms with E-state index in [4.69, 9.17) is 0 Å². The molecule has 2 aromatic carbocycles. The van der Waals surface area contributed by atoms with Crippen LogP contribution in [-0.4, -0.2) is 4.57 Å². The average molecular weight is 406 g/mol. The third kappa shape index (κ3) is 3.86. The highest BCUT2D eigenvalue weighted by Crippen LogP contribution is 2.32. The number of rotatable bonds is 3. The molecule has 29 heavy (non-hydrogen) atoms. The van der Waals surface area contributed by atoms with Gasteiger partial charge in [0.25, 0.3) is 0 Å². The van der Waals surface area contributed by atoms with Gasteiger partial charge in [-0.25, -0.2) is 8.78 Å². The van der Waals surface area contributed by atoms with Crippen LogP contribution < -0.4 is 5.43 Å². The van der Waals surface area contributed by atoms with Gasteiger partial charge in [-0.1, -0.05) is 26.0 Å². The van der Waals surface area contributed by atoms with E-state index in [9.17, 15) is 32.0 Å². The van der Waals surface area contributed by atoms with Crippen LogP contribution >= 0.6 is 0 Å². The number of alkyl halides is 3. The number of pyridine rings is 1. The van der Waals surface area contributed by atoms with Crippen LogP contribution in [-0.2, 0) is 18.1 Å². The maximum Gasteiger partial charge on any atom is 0.416 e. The van der Waals surface area contributed by atoms with E-state index in [-0.39, 0.29) is 23.0 Å². The van der Waals surface area contributed by atoms with Crippen molar-refractivity contribution >= 4 is 10.9 Å². The predicted octanol–water partition coefficient (Wildman–Crippen LogP) is 5.15. The minimum Gasteiger partial charge on any atom is -0.345 e. The molecule has 0 aliphatic carbocycles. The fourth-order valence-corrected chi connectivity index (χ4v) is 3.22. The number of hydrogen-bond donors (Lipinski definition) is 0. The Morgan fingerprint density at radius 1 is 1.00 bits per heavy atom. The molecule has 3 aromatic rings. The van der Waals surface area contributed by atoms with E-state index in [1.807, 2.05) is 0 Å². The van der Waals surface area contributed by atoms with Crippen molar-refractivity contribution in [3.63, 3.8) is 0 Å². The molecule has 0 amide bonds. The van der Waals surface area contributed by atoms with Gasteiger partial charge in [-0.3, -0.25) is 4.79 Å². The maximum absolute atomic E-state index is 13.8. The Morgan fingerprint density at radius 2 is 1.55 bits per heavy atom. The van der Waals surface area contributed by atoms with Gasteiger partial charge >= 0.3 is 6.18 Å². The first-order valence-corrected chi connectivity index (χ1v) is 8.54. The fourth-order valence-electron chi connectivity index (χ4n) is 3.22. The Bertz CT molecular complexity index is 1190. The molecule has 3 nitrogen and oxygen atoms in total. The minimum absolute atomic E-state index is 0.0906. The zero-order valence-electron chi connectivity index (χ0n) is 15.4. The van der Waals surface area contributed by atoms with E-state index in [0.717, 1.165) is 24.3 Å². The van der Waals surface area contributed by atoms with Crippen LogP contribution in [0, 0.1) is 23.0 Å². The van der Waals surface area contributed by atoms with Gasteiger partial charge < -0.3 is 4.57 Å². The predicted molar refractivity (Wildman–Crippen MR) is 97.3 cm³/mol. The lowest BCUT2D eigenvalue weighted by Gasteiger charge is -2.28. The highest BCUT2D eigenvalue weighted by atomic mass is 19.4. The Labute approximate surface area is 162 Å². The van der Waals surface area contributed by atoms with Gasteiger partial charge in [0, 0.05) is 24.2 Å². The van der Waals surface area contributed by atoms with E-state index < -0.39 is 34.2 Å². The molecule has 0 N–H and O–H groups in total. The Balaban J connectivity index is 2.11. The van der Waals surface area contributed by atoms with Crippen LogP contribution in [0.25, 0.3) is 10.9 Å². The highest BCUT2D eigenvalue weighted by Gasteiger charge is 2.31. The lowest BCUT2D eigenvalue weighted by molar-refractivity contribution is -0.137. The lowest BCUT2D eigenvalue weighted by atomic mass is 9.84. The molecule has 1 aromatic heterocycles. The summed E-state index contributed by atoms with van der Waals surface area (Å²) in [5.41, 5.74) is -1.83. The van der Waals surface area contributed by atoms with Crippen molar-refractivity contribution in [3.05, 3.63) is 81.1 Å². The fraction of sp³-hybridized carbons (Fsp3) is 0.238. The first kappa shape index (κ1) is 20.5. The zero-order valence-corrected chi connectivity index (χ0v) is 15.4. The van der Waals surface area contributed by atoms with E-state index in [1.54, 1.807) is 19.9 Å². The largest absolute Gasteiger partial charge is 0.416 e. The number of aromatic nitrogens is 1. The first-order chi connectivity index (χ1) is 13.4. The van der Waals surface area contributed by atoms with Gasteiger partial charge in [0.05, 0.1) is 16.5 Å². The SMILES string of the molecule is CC(C)(Cn1cc(C#N)c(=O)c2cc(F)c(F)cc21)c1ccc(C(F)(F)F)cc1. The Morgan fingerprint density at radius 3 is 2.10 bits per heavy atom. The monoisotopic (exact) mass is 406 g/mol. The van der Waals surface area contributed by atoms with Crippen molar-refractivity contribution < 1.29 is 22.0 Å². The molecule has 3 rings (SSSR count). The van der Waals surface area contributed by atoms with Crippen molar-refractivity contribution in [3.8, 4) is 6.07 Å². The summed E-state index contributed by atoms with van der Waals surface area (Å²) in [6.07, 6.45) is -3.21. The standard InChI is InChI=1S/C21H15F5N2O/c1-20(2,13-3-5-14(6-4-13)21(24,25)26)11-28-10-12(9-27)19(29)15-7-16(22)17(23)8-18(15)28/h3-8,10H,11H2,1-2H3. The van der Waals surface area contributed by atoms with E-state index in [1.165, 1.54) is 22.9 Å². The molecule has 0 atom stereocenters. The number of nitriles is 1. The third-order valence-corrected chi connectivity index (χ3v) is 4.80. The second-order valence-electron chi connectivity index (χ2n) is 7.35. The van der Waals surface area contributed by atoms with Crippen LogP contribution in [0.4, 0.5) is 22.0 Å². The topological polar surface area (TPSA) is 45.8 Å². The summed E-state index contributed by atoms with van der Waals surface area (Å²) in [7, 11) is 0. The second-order valence-corrected chi connectivity index (χ2v) is 7.35. The Hall–Kier alpha value is -3.21. The number of halogens is 5. The maximum atomic E-state index is 13.8. The van der Waals surface area contributed by atoms with Crippen LogP contribution in [0.15, 0.2) is 47.4 Å². The van der Waals surface area contributed by atoms with Crippen molar-refractivity contribution in [2.45, 2.75) is 32.0 Å². The van der Waals surface area contributed by atoms with Gasteiger partial charge in [0.15, 0.2) is 11.6 Å². The summed E-state index contributed by atoms with van der Waals surface area (Å²) in [5.74, 6) is -2.36. The molecule has 0 unspecified atom stereocenters. The van der Waals surface area contributed by atoms with Gasteiger partial charge in [-0.2, -0.15) is 18.4 Å². The normalized spacial score (nSPS) is 12.2. The molecular formula is C21H15F5N2O. The molecule has 1 heterocycles. The molecule has 8 heteroatoms. The van der Waals surface area contributed by atoms with Gasteiger partial charge in [0.2, 0.25) is 5.43 Å². The molecule has 0 bridgehead atoms. The number of benzene rings is 2. The van der Waals surface area contributed by atoms with Crippen molar-refractivity contribution in [2.75, 3.05) is 0 Å². The number of nitrogens with zero attached hydrogens (tertiary/aromatic N) is 2. The second kappa shape index (κ2) is 6.99. The minimum atomic E-state index is -4.46. The van der Waals surface area contributed by atoms with Crippen LogP contribution in [0.2, 0.25) is 0 Å². The van der Waals surface area contributed by atoms with E-state index >= 15 is 0 Å².